The summed E-state index contributed by atoms with van der Waals surface area (Å²) in [5, 5.41) is 0. The molecule has 0 aliphatic heterocycles. The van der Waals surface area contributed by atoms with Gasteiger partial charge in [-0.1, -0.05) is 30.3 Å². The molecule has 0 unspecified atom stereocenters. The molecule has 100 valence electrons. The maximum Gasteiger partial charge on any atom is 0.0701 e. The van der Waals surface area contributed by atoms with Crippen LogP contribution in [0.5, 0.6) is 0 Å². The zero-order valence-electron chi connectivity index (χ0n) is 12.2. The Morgan fingerprint density at radius 3 is 2.21 bits per heavy atom. The fourth-order valence-electron chi connectivity index (χ4n) is 1.83. The highest BCUT2D eigenvalue weighted by Gasteiger charge is 2.16. The summed E-state index contributed by atoms with van der Waals surface area (Å²) in [6.45, 7) is 7.66. The average Bonchev–Trinajstić information content (AvgIpc) is 2.39. The summed E-state index contributed by atoms with van der Waals surface area (Å²) in [6, 6.07) is 14.7. The Bertz CT molecular complexity index is 509. The first kappa shape index (κ1) is 13.8. The Morgan fingerprint density at radius 2 is 1.68 bits per heavy atom. The first-order chi connectivity index (χ1) is 8.97. The van der Waals surface area contributed by atoms with E-state index in [-0.39, 0.29) is 5.54 Å². The van der Waals surface area contributed by atoms with E-state index in [0.29, 0.717) is 0 Å². The van der Waals surface area contributed by atoms with Gasteiger partial charge < -0.3 is 0 Å². The van der Waals surface area contributed by atoms with Crippen molar-refractivity contribution in [3.8, 4) is 11.3 Å². The van der Waals surface area contributed by atoms with Gasteiger partial charge in [0.25, 0.3) is 0 Å². The number of nitrogens with zero attached hydrogens (tertiary/aromatic N) is 2. The van der Waals surface area contributed by atoms with E-state index in [2.05, 4.69) is 62.0 Å². The molecule has 2 aromatic rings. The second-order valence-corrected chi connectivity index (χ2v) is 5.94. The number of pyridine rings is 1. The van der Waals surface area contributed by atoms with Gasteiger partial charge in [-0.15, -0.1) is 0 Å². The molecule has 0 aliphatic rings. The first-order valence-corrected chi connectivity index (χ1v) is 6.68. The Labute approximate surface area is 116 Å². The van der Waals surface area contributed by atoms with E-state index in [1.54, 1.807) is 0 Å². The minimum atomic E-state index is 0.194. The van der Waals surface area contributed by atoms with Gasteiger partial charge in [0.1, 0.15) is 0 Å². The first-order valence-electron chi connectivity index (χ1n) is 6.68. The molecule has 0 fully saturated rings. The lowest BCUT2D eigenvalue weighted by Gasteiger charge is -2.31. The van der Waals surface area contributed by atoms with Crippen molar-refractivity contribution in [3.63, 3.8) is 0 Å². The Kier molecular flexibility index (Phi) is 4.01. The Balaban J connectivity index is 2.11. The van der Waals surface area contributed by atoms with Crippen LogP contribution in [-0.4, -0.2) is 22.5 Å². The second kappa shape index (κ2) is 5.54. The normalized spacial score (nSPS) is 11.8. The summed E-state index contributed by atoms with van der Waals surface area (Å²) in [7, 11) is 2.16. The minimum absolute atomic E-state index is 0.194. The van der Waals surface area contributed by atoms with Gasteiger partial charge in [0.05, 0.1) is 5.69 Å². The molecule has 1 heterocycles. The van der Waals surface area contributed by atoms with E-state index >= 15 is 0 Å². The molecule has 0 N–H and O–H groups in total. The van der Waals surface area contributed by atoms with Crippen LogP contribution in [0.4, 0.5) is 0 Å². The standard InChI is InChI=1S/C17H22N2/c1-17(2,3)19(4)13-14-8-10-15(11-9-14)16-7-5-6-12-18-16/h5-12H,13H2,1-4H3. The fraction of sp³-hybridized carbons (Fsp3) is 0.353. The largest absolute Gasteiger partial charge is 0.297 e. The number of benzene rings is 1. The number of hydrogen-bond donors (Lipinski definition) is 0. The SMILES string of the molecule is CN(Cc1ccc(-c2ccccn2)cc1)C(C)(C)C. The van der Waals surface area contributed by atoms with Crippen LogP contribution in [-0.2, 0) is 6.54 Å². The molecule has 0 amide bonds. The molecule has 0 radical (unpaired) electrons. The molecule has 1 aromatic carbocycles. The van der Waals surface area contributed by atoms with Gasteiger partial charge in [-0.25, -0.2) is 0 Å². The Hall–Kier alpha value is -1.67. The van der Waals surface area contributed by atoms with Gasteiger partial charge >= 0.3 is 0 Å². The zero-order chi connectivity index (χ0) is 13.9. The number of aromatic nitrogens is 1. The van der Waals surface area contributed by atoms with Crippen molar-refractivity contribution in [2.75, 3.05) is 7.05 Å². The predicted octanol–water partition coefficient (Wildman–Crippen LogP) is 3.98. The molecule has 0 bridgehead atoms. The van der Waals surface area contributed by atoms with Crippen molar-refractivity contribution in [3.05, 3.63) is 54.2 Å². The molecule has 0 saturated carbocycles. The third-order valence-electron chi connectivity index (χ3n) is 3.48. The lowest BCUT2D eigenvalue weighted by atomic mass is 10.0. The molecule has 0 saturated heterocycles. The molecule has 0 aliphatic carbocycles. The lowest BCUT2D eigenvalue weighted by Crippen LogP contribution is -2.37. The van der Waals surface area contributed by atoms with Crippen LogP contribution in [0.15, 0.2) is 48.7 Å². The topological polar surface area (TPSA) is 16.1 Å². The van der Waals surface area contributed by atoms with Gasteiger partial charge in [0.2, 0.25) is 0 Å². The lowest BCUT2D eigenvalue weighted by molar-refractivity contribution is 0.167. The zero-order valence-corrected chi connectivity index (χ0v) is 12.2. The van der Waals surface area contributed by atoms with Crippen LogP contribution in [0.2, 0.25) is 0 Å². The van der Waals surface area contributed by atoms with Crippen LogP contribution in [0, 0.1) is 0 Å². The fourth-order valence-corrected chi connectivity index (χ4v) is 1.83. The van der Waals surface area contributed by atoms with E-state index in [9.17, 15) is 0 Å². The highest BCUT2D eigenvalue weighted by Crippen LogP contribution is 2.19. The van der Waals surface area contributed by atoms with E-state index < -0.39 is 0 Å². The van der Waals surface area contributed by atoms with Crippen LogP contribution >= 0.6 is 0 Å². The third-order valence-corrected chi connectivity index (χ3v) is 3.48. The third kappa shape index (κ3) is 3.65. The van der Waals surface area contributed by atoms with E-state index in [0.717, 1.165) is 12.2 Å². The second-order valence-electron chi connectivity index (χ2n) is 5.94. The van der Waals surface area contributed by atoms with Crippen LogP contribution in [0.1, 0.15) is 26.3 Å². The molecular formula is C17H22N2. The van der Waals surface area contributed by atoms with Gasteiger partial charge in [-0.05, 0) is 45.5 Å². The summed E-state index contributed by atoms with van der Waals surface area (Å²) >= 11 is 0. The van der Waals surface area contributed by atoms with Crippen molar-refractivity contribution >= 4 is 0 Å². The van der Waals surface area contributed by atoms with Crippen LogP contribution < -0.4 is 0 Å². The molecule has 2 heteroatoms. The highest BCUT2D eigenvalue weighted by atomic mass is 15.1. The van der Waals surface area contributed by atoms with Gasteiger partial charge in [-0.3, -0.25) is 9.88 Å². The summed E-state index contributed by atoms with van der Waals surface area (Å²) in [6.07, 6.45) is 1.83. The summed E-state index contributed by atoms with van der Waals surface area (Å²) in [4.78, 5) is 6.72. The molecule has 2 rings (SSSR count). The van der Waals surface area contributed by atoms with Gasteiger partial charge in [-0.2, -0.15) is 0 Å². The molecule has 2 nitrogen and oxygen atoms in total. The molecule has 0 atom stereocenters. The molecule has 1 aromatic heterocycles. The molecule has 19 heavy (non-hydrogen) atoms. The predicted molar refractivity (Wildman–Crippen MR) is 80.9 cm³/mol. The van der Waals surface area contributed by atoms with Gasteiger partial charge in [0.15, 0.2) is 0 Å². The van der Waals surface area contributed by atoms with Crippen molar-refractivity contribution in [1.82, 2.24) is 9.88 Å². The smallest absolute Gasteiger partial charge is 0.0701 e. The molecule has 0 spiro atoms. The van der Waals surface area contributed by atoms with Gasteiger partial charge in [0, 0.05) is 23.8 Å². The van der Waals surface area contributed by atoms with Crippen molar-refractivity contribution < 1.29 is 0 Å². The highest BCUT2D eigenvalue weighted by molar-refractivity contribution is 5.58. The monoisotopic (exact) mass is 254 g/mol. The maximum absolute atomic E-state index is 4.37. The van der Waals surface area contributed by atoms with Crippen LogP contribution in [0.25, 0.3) is 11.3 Å². The van der Waals surface area contributed by atoms with E-state index in [1.165, 1.54) is 11.1 Å². The number of hydrogen-bond acceptors (Lipinski definition) is 2. The van der Waals surface area contributed by atoms with Crippen molar-refractivity contribution in [1.29, 1.82) is 0 Å². The quantitative estimate of drug-likeness (QED) is 0.823. The average molecular weight is 254 g/mol. The summed E-state index contributed by atoms with van der Waals surface area (Å²) in [5.41, 5.74) is 3.72. The van der Waals surface area contributed by atoms with E-state index in [1.807, 2.05) is 24.4 Å². The molecular weight excluding hydrogens is 232 g/mol. The van der Waals surface area contributed by atoms with Crippen molar-refractivity contribution in [2.45, 2.75) is 32.9 Å². The van der Waals surface area contributed by atoms with E-state index in [4.69, 9.17) is 0 Å². The summed E-state index contributed by atoms with van der Waals surface area (Å²) in [5.74, 6) is 0. The Morgan fingerprint density at radius 1 is 1.00 bits per heavy atom. The van der Waals surface area contributed by atoms with Crippen LogP contribution in [0.3, 0.4) is 0 Å². The minimum Gasteiger partial charge on any atom is -0.297 e. The maximum atomic E-state index is 4.37. The van der Waals surface area contributed by atoms with Crippen molar-refractivity contribution in [2.24, 2.45) is 0 Å². The number of rotatable bonds is 3. The summed E-state index contributed by atoms with van der Waals surface area (Å²) < 4.78 is 0.